The van der Waals surface area contributed by atoms with Gasteiger partial charge < -0.3 is 0 Å². The molecule has 0 amide bonds. The first kappa shape index (κ1) is 13.9. The average molecular weight is 258 g/mol. The van der Waals surface area contributed by atoms with Gasteiger partial charge in [0.05, 0.1) is 6.54 Å². The second-order valence-electron chi connectivity index (χ2n) is 5.75. The zero-order chi connectivity index (χ0) is 13.7. The van der Waals surface area contributed by atoms with Crippen molar-refractivity contribution in [1.82, 2.24) is 4.98 Å². The van der Waals surface area contributed by atoms with E-state index in [0.717, 1.165) is 23.2 Å². The summed E-state index contributed by atoms with van der Waals surface area (Å²) in [7, 11) is 0. The number of aromatic nitrogens is 1. The summed E-state index contributed by atoms with van der Waals surface area (Å²) in [5.74, 6) is 2.13. The highest BCUT2D eigenvalue weighted by Gasteiger charge is 2.24. The van der Waals surface area contributed by atoms with Crippen LogP contribution in [0.3, 0.4) is 0 Å². The zero-order valence-electron chi connectivity index (χ0n) is 11.8. The van der Waals surface area contributed by atoms with Crippen molar-refractivity contribution in [1.29, 1.82) is 0 Å². The van der Waals surface area contributed by atoms with Gasteiger partial charge in [0.2, 0.25) is 0 Å². The molecule has 0 aromatic carbocycles. The normalized spacial score (nSPS) is 24.5. The third kappa shape index (κ3) is 3.71. The van der Waals surface area contributed by atoms with Crippen molar-refractivity contribution >= 4 is 0 Å². The van der Waals surface area contributed by atoms with Gasteiger partial charge in [0.1, 0.15) is 0 Å². The van der Waals surface area contributed by atoms with Gasteiger partial charge in [-0.25, -0.2) is 0 Å². The largest absolute Gasteiger partial charge is 0.257 e. The van der Waals surface area contributed by atoms with Crippen LogP contribution in [0.15, 0.2) is 23.3 Å². The minimum absolute atomic E-state index is 0.346. The fourth-order valence-electron chi connectivity index (χ4n) is 2.97. The summed E-state index contributed by atoms with van der Waals surface area (Å²) in [4.78, 5) is 7.43. The molecule has 0 unspecified atom stereocenters. The Morgan fingerprint density at radius 3 is 2.79 bits per heavy atom. The molecule has 1 aromatic rings. The van der Waals surface area contributed by atoms with Crippen LogP contribution < -0.4 is 0 Å². The molecule has 0 radical (unpaired) electrons. The van der Waals surface area contributed by atoms with Gasteiger partial charge in [0, 0.05) is 22.2 Å². The van der Waals surface area contributed by atoms with E-state index in [-0.39, 0.29) is 0 Å². The molecule has 1 fully saturated rings. The maximum Gasteiger partial charge on any atom is 0.0684 e. The molecule has 4 nitrogen and oxygen atoms in total. The first-order chi connectivity index (χ1) is 9.20. The standard InChI is InChI=1S/C15H22N4/c1-11-6-8-13(9-7-11)12(2)15-5-3-4-14(18-15)10-17-19-16/h3-5,11-13H,6-10H2,1-2H3/t11-,12-,13-/m1/s1. The second kappa shape index (κ2) is 6.58. The van der Waals surface area contributed by atoms with Crippen molar-refractivity contribution in [3.63, 3.8) is 0 Å². The van der Waals surface area contributed by atoms with Crippen molar-refractivity contribution in [2.45, 2.75) is 52.0 Å². The molecule has 0 N–H and O–H groups in total. The average Bonchev–Trinajstić information content (AvgIpc) is 2.45. The molecule has 0 aliphatic heterocycles. The van der Waals surface area contributed by atoms with Gasteiger partial charge in [0.15, 0.2) is 0 Å². The Labute approximate surface area is 114 Å². The van der Waals surface area contributed by atoms with Gasteiger partial charge in [-0.15, -0.1) is 0 Å². The topological polar surface area (TPSA) is 61.7 Å². The predicted molar refractivity (Wildman–Crippen MR) is 76.6 cm³/mol. The molecule has 1 atom stereocenters. The Hall–Kier alpha value is -1.54. The molecule has 0 bridgehead atoms. The summed E-state index contributed by atoms with van der Waals surface area (Å²) in [5, 5.41) is 3.58. The van der Waals surface area contributed by atoms with E-state index >= 15 is 0 Å². The molecular formula is C15H22N4. The molecular weight excluding hydrogens is 236 g/mol. The van der Waals surface area contributed by atoms with E-state index in [2.05, 4.69) is 34.9 Å². The van der Waals surface area contributed by atoms with Gasteiger partial charge in [-0.2, -0.15) is 0 Å². The van der Waals surface area contributed by atoms with E-state index in [1.165, 1.54) is 25.7 Å². The third-order valence-corrected chi connectivity index (χ3v) is 4.36. The molecule has 4 heteroatoms. The van der Waals surface area contributed by atoms with Crippen molar-refractivity contribution < 1.29 is 0 Å². The summed E-state index contributed by atoms with van der Waals surface area (Å²) in [5.41, 5.74) is 10.4. The van der Waals surface area contributed by atoms with Crippen LogP contribution in [0.4, 0.5) is 0 Å². The Morgan fingerprint density at radius 1 is 1.37 bits per heavy atom. The van der Waals surface area contributed by atoms with Gasteiger partial charge in [-0.1, -0.05) is 37.9 Å². The van der Waals surface area contributed by atoms with Crippen molar-refractivity contribution in [2.24, 2.45) is 17.0 Å². The quantitative estimate of drug-likeness (QED) is 0.433. The SMILES string of the molecule is C[C@@H](c1cccc(CN=[N+]=[N-])n1)[C@H]1CC[C@H](C)CC1. The fourth-order valence-corrected chi connectivity index (χ4v) is 2.97. The maximum atomic E-state index is 8.37. The van der Waals surface area contributed by atoms with Gasteiger partial charge in [-0.3, -0.25) is 4.98 Å². The lowest BCUT2D eigenvalue weighted by Gasteiger charge is -2.30. The molecule has 1 aromatic heterocycles. The monoisotopic (exact) mass is 258 g/mol. The fraction of sp³-hybridized carbons (Fsp3) is 0.667. The van der Waals surface area contributed by atoms with Crippen LogP contribution in [0.5, 0.6) is 0 Å². The number of hydrogen-bond acceptors (Lipinski definition) is 2. The van der Waals surface area contributed by atoms with E-state index in [9.17, 15) is 0 Å². The molecule has 2 rings (SSSR count). The molecule has 0 spiro atoms. The molecule has 0 saturated heterocycles. The lowest BCUT2D eigenvalue weighted by molar-refractivity contribution is 0.259. The lowest BCUT2D eigenvalue weighted by Crippen LogP contribution is -2.18. The predicted octanol–water partition coefficient (Wildman–Crippen LogP) is 4.82. The number of azide groups is 1. The van der Waals surface area contributed by atoms with Crippen LogP contribution in [0, 0.1) is 11.8 Å². The van der Waals surface area contributed by atoms with Gasteiger partial charge >= 0.3 is 0 Å². The molecule has 1 saturated carbocycles. The summed E-state index contributed by atoms with van der Waals surface area (Å²) in [6.07, 6.45) is 5.30. The van der Waals surface area contributed by atoms with E-state index in [4.69, 9.17) is 5.53 Å². The number of hydrogen-bond donors (Lipinski definition) is 0. The summed E-state index contributed by atoms with van der Waals surface area (Å²) >= 11 is 0. The first-order valence-electron chi connectivity index (χ1n) is 7.17. The zero-order valence-corrected chi connectivity index (χ0v) is 11.8. The Kier molecular flexibility index (Phi) is 4.80. The van der Waals surface area contributed by atoms with Crippen LogP contribution >= 0.6 is 0 Å². The second-order valence-corrected chi connectivity index (χ2v) is 5.75. The third-order valence-electron chi connectivity index (χ3n) is 4.36. The van der Waals surface area contributed by atoms with Crippen LogP contribution in [-0.2, 0) is 6.54 Å². The minimum Gasteiger partial charge on any atom is -0.257 e. The smallest absolute Gasteiger partial charge is 0.0684 e. The van der Waals surface area contributed by atoms with E-state index in [1.807, 2.05) is 12.1 Å². The van der Waals surface area contributed by atoms with Crippen molar-refractivity contribution in [2.75, 3.05) is 0 Å². The maximum absolute atomic E-state index is 8.37. The van der Waals surface area contributed by atoms with E-state index < -0.39 is 0 Å². The van der Waals surface area contributed by atoms with Crippen LogP contribution in [-0.4, -0.2) is 4.98 Å². The highest BCUT2D eigenvalue weighted by atomic mass is 15.1. The Morgan fingerprint density at radius 2 is 2.11 bits per heavy atom. The highest BCUT2D eigenvalue weighted by Crippen LogP contribution is 2.37. The van der Waals surface area contributed by atoms with E-state index in [1.54, 1.807) is 0 Å². The lowest BCUT2D eigenvalue weighted by atomic mass is 9.76. The summed E-state index contributed by atoms with van der Waals surface area (Å²) < 4.78 is 0. The first-order valence-corrected chi connectivity index (χ1v) is 7.17. The van der Waals surface area contributed by atoms with Crippen molar-refractivity contribution in [3.05, 3.63) is 40.0 Å². The van der Waals surface area contributed by atoms with Crippen LogP contribution in [0.25, 0.3) is 10.4 Å². The summed E-state index contributed by atoms with van der Waals surface area (Å²) in [6, 6.07) is 6.04. The molecule has 19 heavy (non-hydrogen) atoms. The van der Waals surface area contributed by atoms with Crippen molar-refractivity contribution in [3.8, 4) is 0 Å². The van der Waals surface area contributed by atoms with Crippen LogP contribution in [0.2, 0.25) is 0 Å². The van der Waals surface area contributed by atoms with Gasteiger partial charge in [-0.05, 0) is 42.3 Å². The van der Waals surface area contributed by atoms with Gasteiger partial charge in [0.25, 0.3) is 0 Å². The number of nitrogens with zero attached hydrogens (tertiary/aromatic N) is 4. The minimum atomic E-state index is 0.346. The molecule has 1 aliphatic carbocycles. The molecule has 102 valence electrons. The highest BCUT2D eigenvalue weighted by molar-refractivity contribution is 5.15. The molecule has 1 aliphatic rings. The Bertz CT molecular complexity index is 457. The van der Waals surface area contributed by atoms with Crippen LogP contribution in [0.1, 0.15) is 56.8 Å². The Balaban J connectivity index is 2.05. The van der Waals surface area contributed by atoms with E-state index in [0.29, 0.717) is 12.5 Å². The summed E-state index contributed by atoms with van der Waals surface area (Å²) in [6.45, 7) is 4.97. The number of pyridine rings is 1. The molecule has 1 heterocycles. The number of rotatable bonds is 4.